The highest BCUT2D eigenvalue weighted by molar-refractivity contribution is 5.98. The van der Waals surface area contributed by atoms with Crippen LogP contribution in [-0.4, -0.2) is 30.6 Å². The van der Waals surface area contributed by atoms with E-state index in [0.29, 0.717) is 12.1 Å². The summed E-state index contributed by atoms with van der Waals surface area (Å²) in [6.07, 6.45) is -1.06. The van der Waals surface area contributed by atoms with Crippen molar-refractivity contribution in [3.8, 4) is 0 Å². The lowest BCUT2D eigenvalue weighted by Gasteiger charge is -2.14. The number of carbonyl (C=O) groups is 3. The van der Waals surface area contributed by atoms with Gasteiger partial charge in [-0.2, -0.15) is 0 Å². The number of urea groups is 1. The van der Waals surface area contributed by atoms with Gasteiger partial charge in [-0.05, 0) is 44.9 Å². The molecule has 114 valence electrons. The molecule has 0 heterocycles. The van der Waals surface area contributed by atoms with E-state index >= 15 is 0 Å². The maximum atomic E-state index is 12.0. The van der Waals surface area contributed by atoms with E-state index in [1.807, 2.05) is 19.9 Å². The zero-order chi connectivity index (χ0) is 16.0. The minimum absolute atomic E-state index is 0.399. The Labute approximate surface area is 123 Å². The molecular formula is C15H20N2O4. The minimum atomic E-state index is -1.06. The molecule has 6 nitrogen and oxygen atoms in total. The van der Waals surface area contributed by atoms with Gasteiger partial charge < -0.3 is 10.1 Å². The molecule has 1 aromatic carbocycles. The van der Waals surface area contributed by atoms with E-state index < -0.39 is 24.0 Å². The molecular weight excluding hydrogens is 272 g/mol. The van der Waals surface area contributed by atoms with Crippen LogP contribution in [0.4, 0.5) is 4.79 Å². The third kappa shape index (κ3) is 4.59. The van der Waals surface area contributed by atoms with Crippen molar-refractivity contribution in [1.82, 2.24) is 10.6 Å². The molecule has 21 heavy (non-hydrogen) atoms. The summed E-state index contributed by atoms with van der Waals surface area (Å²) >= 11 is 0. The van der Waals surface area contributed by atoms with Crippen LogP contribution in [-0.2, 0) is 9.53 Å². The molecule has 0 radical (unpaired) electrons. The van der Waals surface area contributed by atoms with Crippen LogP contribution >= 0.6 is 0 Å². The normalized spacial score (nSPS) is 11.4. The van der Waals surface area contributed by atoms with E-state index in [2.05, 4.69) is 10.6 Å². The fourth-order valence-corrected chi connectivity index (χ4v) is 1.67. The molecule has 0 spiro atoms. The van der Waals surface area contributed by atoms with Crippen molar-refractivity contribution < 1.29 is 19.1 Å². The average Bonchev–Trinajstić information content (AvgIpc) is 2.41. The van der Waals surface area contributed by atoms with Gasteiger partial charge in [0.15, 0.2) is 6.10 Å². The third-order valence-corrected chi connectivity index (χ3v) is 3.05. The standard InChI is InChI=1S/C15H20N2O4/c1-5-16-15(20)17-13(18)11(4)21-14(19)12-8-6-7-9(2)10(12)3/h6-8,11H,5H2,1-4H3,(H2,16,17,18,20)/t11-/m1/s1. The fourth-order valence-electron chi connectivity index (χ4n) is 1.67. The molecule has 6 heteroatoms. The topological polar surface area (TPSA) is 84.5 Å². The van der Waals surface area contributed by atoms with E-state index in [-0.39, 0.29) is 0 Å². The van der Waals surface area contributed by atoms with E-state index in [1.54, 1.807) is 19.1 Å². The van der Waals surface area contributed by atoms with Crippen LogP contribution in [0.1, 0.15) is 35.3 Å². The Morgan fingerprint density at radius 1 is 1.24 bits per heavy atom. The van der Waals surface area contributed by atoms with Gasteiger partial charge in [0.2, 0.25) is 0 Å². The van der Waals surface area contributed by atoms with Gasteiger partial charge in [-0.1, -0.05) is 12.1 Å². The number of ether oxygens (including phenoxy) is 1. The highest BCUT2D eigenvalue weighted by Crippen LogP contribution is 2.14. The van der Waals surface area contributed by atoms with Gasteiger partial charge in [0.05, 0.1) is 5.56 Å². The first-order chi connectivity index (χ1) is 9.86. The largest absolute Gasteiger partial charge is 0.449 e. The second-order valence-electron chi connectivity index (χ2n) is 4.64. The predicted molar refractivity (Wildman–Crippen MR) is 78.0 cm³/mol. The summed E-state index contributed by atoms with van der Waals surface area (Å²) in [6, 6.07) is 4.66. The quantitative estimate of drug-likeness (QED) is 0.827. The van der Waals surface area contributed by atoms with Crippen molar-refractivity contribution in [3.63, 3.8) is 0 Å². The number of imide groups is 1. The fraction of sp³-hybridized carbons (Fsp3) is 0.400. The van der Waals surface area contributed by atoms with Crippen LogP contribution in [0.25, 0.3) is 0 Å². The SMILES string of the molecule is CCNC(=O)NC(=O)[C@@H](C)OC(=O)c1cccc(C)c1C. The van der Waals surface area contributed by atoms with Crippen LogP contribution in [0.15, 0.2) is 18.2 Å². The number of amides is 3. The smallest absolute Gasteiger partial charge is 0.339 e. The molecule has 0 fully saturated rings. The van der Waals surface area contributed by atoms with Crippen LogP contribution < -0.4 is 10.6 Å². The van der Waals surface area contributed by atoms with Crippen molar-refractivity contribution in [1.29, 1.82) is 0 Å². The number of rotatable bonds is 4. The molecule has 1 aromatic rings. The van der Waals surface area contributed by atoms with E-state index in [9.17, 15) is 14.4 Å². The number of hydrogen-bond donors (Lipinski definition) is 2. The van der Waals surface area contributed by atoms with Crippen LogP contribution in [0.3, 0.4) is 0 Å². The third-order valence-electron chi connectivity index (χ3n) is 3.05. The Kier molecular flexibility index (Phi) is 5.90. The molecule has 0 aliphatic carbocycles. The Hall–Kier alpha value is -2.37. The lowest BCUT2D eigenvalue weighted by molar-refractivity contribution is -0.127. The van der Waals surface area contributed by atoms with E-state index in [1.165, 1.54) is 6.92 Å². The Bertz CT molecular complexity index is 555. The molecule has 1 atom stereocenters. The zero-order valence-corrected chi connectivity index (χ0v) is 12.6. The minimum Gasteiger partial charge on any atom is -0.449 e. The maximum absolute atomic E-state index is 12.0. The summed E-state index contributed by atoms with van der Waals surface area (Å²) in [6.45, 7) is 7.24. The summed E-state index contributed by atoms with van der Waals surface area (Å²) in [5, 5.41) is 4.52. The number of aryl methyl sites for hydroxylation is 1. The molecule has 0 bridgehead atoms. The Morgan fingerprint density at radius 2 is 1.90 bits per heavy atom. The maximum Gasteiger partial charge on any atom is 0.339 e. The first kappa shape index (κ1) is 16.7. The lowest BCUT2D eigenvalue weighted by Crippen LogP contribution is -2.44. The number of nitrogens with one attached hydrogen (secondary N) is 2. The second-order valence-corrected chi connectivity index (χ2v) is 4.64. The van der Waals surface area contributed by atoms with E-state index in [4.69, 9.17) is 4.74 Å². The summed E-state index contributed by atoms with van der Waals surface area (Å²) < 4.78 is 5.08. The van der Waals surface area contributed by atoms with Crippen LogP contribution in [0, 0.1) is 13.8 Å². The second kappa shape index (κ2) is 7.42. The number of esters is 1. The molecule has 0 aliphatic rings. The summed E-state index contributed by atoms with van der Waals surface area (Å²) in [4.78, 5) is 35.0. The average molecular weight is 292 g/mol. The molecule has 0 aromatic heterocycles. The highest BCUT2D eigenvalue weighted by Gasteiger charge is 2.21. The first-order valence-electron chi connectivity index (χ1n) is 6.72. The Balaban J connectivity index is 2.68. The van der Waals surface area contributed by atoms with Gasteiger partial charge in [0, 0.05) is 6.54 Å². The summed E-state index contributed by atoms with van der Waals surface area (Å²) in [7, 11) is 0. The van der Waals surface area contributed by atoms with Gasteiger partial charge in [0.1, 0.15) is 0 Å². The zero-order valence-electron chi connectivity index (χ0n) is 12.6. The van der Waals surface area contributed by atoms with Crippen LogP contribution in [0.5, 0.6) is 0 Å². The van der Waals surface area contributed by atoms with Crippen molar-refractivity contribution in [3.05, 3.63) is 34.9 Å². The highest BCUT2D eigenvalue weighted by atomic mass is 16.5. The van der Waals surface area contributed by atoms with Crippen molar-refractivity contribution in [2.24, 2.45) is 0 Å². The summed E-state index contributed by atoms with van der Waals surface area (Å²) in [5.74, 6) is -1.26. The molecule has 2 N–H and O–H groups in total. The molecule has 1 rings (SSSR count). The number of benzene rings is 1. The predicted octanol–water partition coefficient (Wildman–Crippen LogP) is 1.69. The van der Waals surface area contributed by atoms with Crippen LogP contribution in [0.2, 0.25) is 0 Å². The molecule has 0 saturated heterocycles. The van der Waals surface area contributed by atoms with E-state index in [0.717, 1.165) is 11.1 Å². The number of hydrogen-bond acceptors (Lipinski definition) is 4. The number of carbonyl (C=O) groups excluding carboxylic acids is 3. The molecule has 3 amide bonds. The monoisotopic (exact) mass is 292 g/mol. The van der Waals surface area contributed by atoms with Gasteiger partial charge in [-0.3, -0.25) is 10.1 Å². The lowest BCUT2D eigenvalue weighted by atomic mass is 10.0. The van der Waals surface area contributed by atoms with Gasteiger partial charge >= 0.3 is 12.0 Å². The Morgan fingerprint density at radius 3 is 2.52 bits per heavy atom. The first-order valence-corrected chi connectivity index (χ1v) is 6.72. The van der Waals surface area contributed by atoms with Gasteiger partial charge in [-0.25, -0.2) is 9.59 Å². The van der Waals surface area contributed by atoms with Crippen molar-refractivity contribution >= 4 is 17.9 Å². The molecule has 0 aliphatic heterocycles. The van der Waals surface area contributed by atoms with Gasteiger partial charge in [0.25, 0.3) is 5.91 Å². The molecule has 0 saturated carbocycles. The van der Waals surface area contributed by atoms with Crippen molar-refractivity contribution in [2.75, 3.05) is 6.54 Å². The van der Waals surface area contributed by atoms with Gasteiger partial charge in [-0.15, -0.1) is 0 Å². The molecule has 0 unspecified atom stereocenters. The summed E-state index contributed by atoms with van der Waals surface area (Å²) in [5.41, 5.74) is 2.18. The van der Waals surface area contributed by atoms with Crippen molar-refractivity contribution in [2.45, 2.75) is 33.8 Å².